The Balaban J connectivity index is 1.85. The number of fused-ring (bicyclic) bond motifs is 2. The van der Waals surface area contributed by atoms with Crippen LogP contribution < -0.4 is 0 Å². The SMILES string of the molecule is CC1C=C(Br)C=C2N=C3CCN(C(=O)OC(C)(C)C)CC3=C21. The highest BCUT2D eigenvalue weighted by Gasteiger charge is 2.35. The smallest absolute Gasteiger partial charge is 0.410 e. The van der Waals surface area contributed by atoms with Crippen LogP contribution in [0.5, 0.6) is 0 Å². The lowest BCUT2D eigenvalue weighted by Gasteiger charge is -2.31. The summed E-state index contributed by atoms with van der Waals surface area (Å²) >= 11 is 3.54. The number of allylic oxidation sites excluding steroid dienone is 4. The van der Waals surface area contributed by atoms with Crippen LogP contribution in [0.4, 0.5) is 4.79 Å². The first-order valence-electron chi connectivity index (χ1n) is 7.63. The van der Waals surface area contributed by atoms with Crippen LogP contribution in [0.15, 0.2) is 38.5 Å². The molecule has 2 heterocycles. The van der Waals surface area contributed by atoms with E-state index in [4.69, 9.17) is 9.73 Å². The number of rotatable bonds is 0. The molecular weight excluding hydrogens is 344 g/mol. The number of halogens is 1. The van der Waals surface area contributed by atoms with E-state index >= 15 is 0 Å². The quantitative estimate of drug-likeness (QED) is 0.646. The lowest BCUT2D eigenvalue weighted by Crippen LogP contribution is -2.43. The topological polar surface area (TPSA) is 41.9 Å². The minimum atomic E-state index is -0.463. The average Bonchev–Trinajstić information content (AvgIpc) is 2.73. The fraction of sp³-hybridized carbons (Fsp3) is 0.529. The summed E-state index contributed by atoms with van der Waals surface area (Å²) in [6.45, 7) is 9.11. The number of hydrogen-bond acceptors (Lipinski definition) is 3. The molecule has 1 unspecified atom stereocenters. The molecule has 0 bridgehead atoms. The molecule has 3 rings (SSSR count). The second kappa shape index (κ2) is 5.37. The molecule has 1 saturated heterocycles. The number of carbonyl (C=O) groups excluding carboxylic acids is 1. The van der Waals surface area contributed by atoms with Crippen LogP contribution >= 0.6 is 15.9 Å². The Bertz CT molecular complexity index is 650. The van der Waals surface area contributed by atoms with Gasteiger partial charge in [0.1, 0.15) is 5.60 Å². The van der Waals surface area contributed by atoms with Crippen molar-refractivity contribution in [2.45, 2.75) is 39.7 Å². The number of hydrogen-bond donors (Lipinski definition) is 0. The van der Waals surface area contributed by atoms with Crippen molar-refractivity contribution in [1.29, 1.82) is 0 Å². The van der Waals surface area contributed by atoms with Gasteiger partial charge in [-0.1, -0.05) is 28.9 Å². The Hall–Kier alpha value is -1.36. The van der Waals surface area contributed by atoms with Crippen LogP contribution in [0.2, 0.25) is 0 Å². The highest BCUT2D eigenvalue weighted by Crippen LogP contribution is 2.40. The summed E-state index contributed by atoms with van der Waals surface area (Å²) in [5, 5.41) is 0. The first-order chi connectivity index (χ1) is 10.2. The number of nitrogens with zero attached hydrogens (tertiary/aromatic N) is 2. The van der Waals surface area contributed by atoms with Crippen LogP contribution in [0.1, 0.15) is 34.1 Å². The van der Waals surface area contributed by atoms with Crippen molar-refractivity contribution in [3.63, 3.8) is 0 Å². The van der Waals surface area contributed by atoms with Gasteiger partial charge in [-0.15, -0.1) is 0 Å². The average molecular weight is 365 g/mol. The molecule has 0 aromatic rings. The molecule has 1 aliphatic carbocycles. The third-order valence-electron chi connectivity index (χ3n) is 3.96. The molecule has 0 N–H and O–H groups in total. The number of ether oxygens (including phenoxy) is 1. The summed E-state index contributed by atoms with van der Waals surface area (Å²) in [5.74, 6) is 0.309. The zero-order chi connectivity index (χ0) is 16.1. The zero-order valence-corrected chi connectivity index (χ0v) is 15.0. The van der Waals surface area contributed by atoms with E-state index in [0.29, 0.717) is 19.0 Å². The van der Waals surface area contributed by atoms with Gasteiger partial charge in [-0.2, -0.15) is 0 Å². The molecule has 1 atom stereocenters. The first-order valence-corrected chi connectivity index (χ1v) is 8.42. The molecule has 1 amide bonds. The van der Waals surface area contributed by atoms with Crippen molar-refractivity contribution < 1.29 is 9.53 Å². The van der Waals surface area contributed by atoms with Crippen molar-refractivity contribution in [3.05, 3.63) is 33.5 Å². The number of piperidine rings is 1. The Morgan fingerprint density at radius 1 is 1.45 bits per heavy atom. The maximum atomic E-state index is 12.3. The fourth-order valence-corrected chi connectivity index (χ4v) is 3.69. The normalized spacial score (nSPS) is 24.3. The van der Waals surface area contributed by atoms with Gasteiger partial charge < -0.3 is 9.64 Å². The van der Waals surface area contributed by atoms with E-state index in [2.05, 4.69) is 35.0 Å². The Kier molecular flexibility index (Phi) is 3.79. The van der Waals surface area contributed by atoms with Crippen LogP contribution in [0.25, 0.3) is 0 Å². The van der Waals surface area contributed by atoms with Crippen LogP contribution in [0, 0.1) is 5.92 Å². The summed E-state index contributed by atoms with van der Waals surface area (Å²) in [6.07, 6.45) is 4.79. The predicted molar refractivity (Wildman–Crippen MR) is 91.1 cm³/mol. The highest BCUT2D eigenvalue weighted by molar-refractivity contribution is 9.11. The van der Waals surface area contributed by atoms with Crippen LogP contribution in [-0.4, -0.2) is 35.4 Å². The summed E-state index contributed by atoms with van der Waals surface area (Å²) < 4.78 is 6.57. The molecule has 0 aromatic carbocycles. The minimum absolute atomic E-state index is 0.239. The highest BCUT2D eigenvalue weighted by atomic mass is 79.9. The van der Waals surface area contributed by atoms with Gasteiger partial charge in [0.15, 0.2) is 0 Å². The Morgan fingerprint density at radius 2 is 2.18 bits per heavy atom. The first kappa shape index (κ1) is 15.5. The Labute approximate surface area is 139 Å². The molecule has 4 nitrogen and oxygen atoms in total. The fourth-order valence-electron chi connectivity index (χ4n) is 3.08. The van der Waals surface area contributed by atoms with Crippen molar-refractivity contribution >= 4 is 27.7 Å². The van der Waals surface area contributed by atoms with Gasteiger partial charge in [0.2, 0.25) is 0 Å². The van der Waals surface area contributed by atoms with Gasteiger partial charge in [-0.3, -0.25) is 4.99 Å². The van der Waals surface area contributed by atoms with Crippen molar-refractivity contribution in [2.75, 3.05) is 13.1 Å². The van der Waals surface area contributed by atoms with Gasteiger partial charge in [0.25, 0.3) is 0 Å². The van der Waals surface area contributed by atoms with Gasteiger partial charge in [0, 0.05) is 29.1 Å². The Morgan fingerprint density at radius 3 is 2.86 bits per heavy atom. The summed E-state index contributed by atoms with van der Waals surface area (Å²) in [6, 6.07) is 0. The largest absolute Gasteiger partial charge is 0.444 e. The van der Waals surface area contributed by atoms with E-state index in [0.717, 1.165) is 22.3 Å². The van der Waals surface area contributed by atoms with E-state index < -0.39 is 5.60 Å². The summed E-state index contributed by atoms with van der Waals surface area (Å²) in [5.41, 5.74) is 4.16. The number of aliphatic imine (C=N–C) groups is 1. The van der Waals surface area contributed by atoms with E-state index in [1.165, 1.54) is 11.1 Å². The monoisotopic (exact) mass is 364 g/mol. The molecular formula is C17H21BrN2O2. The molecule has 3 aliphatic rings. The standard InChI is InChI=1S/C17H21BrN2O2/c1-10-7-11(18)8-14-15(10)12-9-20(6-5-13(12)19-14)16(21)22-17(2,3)4/h7-8,10H,5-6,9H2,1-4H3. The summed E-state index contributed by atoms with van der Waals surface area (Å²) in [7, 11) is 0. The zero-order valence-electron chi connectivity index (χ0n) is 13.4. The second-order valence-corrected chi connectivity index (χ2v) is 7.89. The van der Waals surface area contributed by atoms with Gasteiger partial charge in [0.05, 0.1) is 12.2 Å². The van der Waals surface area contributed by atoms with E-state index in [9.17, 15) is 4.79 Å². The lowest BCUT2D eigenvalue weighted by atomic mass is 9.88. The number of carbonyl (C=O) groups is 1. The molecule has 0 spiro atoms. The summed E-state index contributed by atoms with van der Waals surface area (Å²) in [4.78, 5) is 18.8. The molecule has 22 heavy (non-hydrogen) atoms. The molecule has 0 aromatic heterocycles. The van der Waals surface area contributed by atoms with E-state index in [-0.39, 0.29) is 6.09 Å². The molecule has 0 radical (unpaired) electrons. The van der Waals surface area contributed by atoms with Gasteiger partial charge >= 0.3 is 6.09 Å². The van der Waals surface area contributed by atoms with Crippen molar-refractivity contribution in [3.8, 4) is 0 Å². The van der Waals surface area contributed by atoms with Crippen LogP contribution in [0.3, 0.4) is 0 Å². The minimum Gasteiger partial charge on any atom is -0.444 e. The maximum absolute atomic E-state index is 12.3. The third-order valence-corrected chi connectivity index (χ3v) is 4.46. The maximum Gasteiger partial charge on any atom is 0.410 e. The van der Waals surface area contributed by atoms with Gasteiger partial charge in [-0.25, -0.2) is 4.79 Å². The molecule has 0 saturated carbocycles. The number of likely N-dealkylation sites (tertiary alicyclic amines) is 1. The molecule has 1 fully saturated rings. The van der Waals surface area contributed by atoms with E-state index in [1.54, 1.807) is 4.90 Å². The molecule has 118 valence electrons. The number of amides is 1. The van der Waals surface area contributed by atoms with E-state index in [1.807, 2.05) is 20.8 Å². The lowest BCUT2D eigenvalue weighted by molar-refractivity contribution is 0.0267. The van der Waals surface area contributed by atoms with Crippen molar-refractivity contribution in [1.82, 2.24) is 4.90 Å². The van der Waals surface area contributed by atoms with Gasteiger partial charge in [-0.05, 0) is 38.0 Å². The predicted octanol–water partition coefficient (Wildman–Crippen LogP) is 4.19. The second-order valence-electron chi connectivity index (χ2n) is 6.97. The van der Waals surface area contributed by atoms with Crippen molar-refractivity contribution in [2.24, 2.45) is 10.9 Å². The third kappa shape index (κ3) is 2.91. The molecule has 5 heteroatoms. The van der Waals surface area contributed by atoms with Crippen LogP contribution in [-0.2, 0) is 4.74 Å². The molecule has 2 aliphatic heterocycles.